The molecule has 0 radical (unpaired) electrons. The number of carbonyl (C=O) groups is 1. The second-order valence-corrected chi connectivity index (χ2v) is 8.49. The summed E-state index contributed by atoms with van der Waals surface area (Å²) in [5, 5.41) is 3.13. The zero-order valence-electron chi connectivity index (χ0n) is 16.8. The lowest BCUT2D eigenvalue weighted by Gasteiger charge is -2.39. The lowest BCUT2D eigenvalue weighted by Crippen LogP contribution is -2.49. The quantitative estimate of drug-likeness (QED) is 0.669. The summed E-state index contributed by atoms with van der Waals surface area (Å²) in [7, 11) is 0. The molecule has 5 nitrogen and oxygen atoms in total. The molecule has 2 fully saturated rings. The number of carbonyl (C=O) groups excluding carboxylic acids is 1. The third-order valence-electron chi connectivity index (χ3n) is 6.37. The van der Waals surface area contributed by atoms with Crippen molar-refractivity contribution in [3.8, 4) is 0 Å². The van der Waals surface area contributed by atoms with Crippen molar-refractivity contribution >= 4 is 17.0 Å². The molecule has 2 aliphatic heterocycles. The van der Waals surface area contributed by atoms with Gasteiger partial charge in [-0.2, -0.15) is 0 Å². The van der Waals surface area contributed by atoms with E-state index in [0.717, 1.165) is 36.4 Å². The van der Waals surface area contributed by atoms with Crippen LogP contribution in [-0.4, -0.2) is 33.9 Å². The van der Waals surface area contributed by atoms with E-state index in [0.29, 0.717) is 24.5 Å². The Morgan fingerprint density at radius 3 is 2.40 bits per heavy atom. The van der Waals surface area contributed by atoms with Crippen molar-refractivity contribution in [2.24, 2.45) is 0 Å². The van der Waals surface area contributed by atoms with Crippen molar-refractivity contribution in [3.05, 3.63) is 65.5 Å². The van der Waals surface area contributed by atoms with E-state index in [4.69, 9.17) is 4.42 Å². The number of hydrogen-bond donors (Lipinski definition) is 1. The van der Waals surface area contributed by atoms with Crippen molar-refractivity contribution in [1.29, 1.82) is 0 Å². The number of amides is 1. The summed E-state index contributed by atoms with van der Waals surface area (Å²) in [5.74, 6) is 0.856. The fraction of sp³-hybridized carbons (Fsp3) is 0.440. The zero-order valence-corrected chi connectivity index (χ0v) is 16.8. The topological polar surface area (TPSA) is 58.4 Å². The highest BCUT2D eigenvalue weighted by atomic mass is 16.3. The van der Waals surface area contributed by atoms with Crippen LogP contribution >= 0.6 is 0 Å². The largest absolute Gasteiger partial charge is 0.440 e. The monoisotopic (exact) mass is 405 g/mol. The second-order valence-electron chi connectivity index (χ2n) is 8.49. The number of oxazole rings is 1. The molecule has 2 aromatic carbocycles. The van der Waals surface area contributed by atoms with Crippen LogP contribution < -0.4 is 5.32 Å². The molecule has 30 heavy (non-hydrogen) atoms. The normalized spacial score (nSPS) is 23.3. The Morgan fingerprint density at radius 1 is 1.07 bits per heavy atom. The highest BCUT2D eigenvalue weighted by Gasteiger charge is 2.40. The van der Waals surface area contributed by atoms with Crippen LogP contribution in [0, 0.1) is 0 Å². The van der Waals surface area contributed by atoms with Gasteiger partial charge in [-0.25, -0.2) is 4.98 Å². The molecule has 2 aliphatic rings. The lowest BCUT2D eigenvalue weighted by atomic mass is 9.96. The number of benzene rings is 2. The average molecular weight is 406 g/mol. The maximum Gasteiger partial charge on any atom is 0.217 e. The smallest absolute Gasteiger partial charge is 0.217 e. The predicted molar refractivity (Wildman–Crippen MR) is 119 cm³/mol. The van der Waals surface area contributed by atoms with Gasteiger partial charge in [-0.15, -0.1) is 0 Å². The molecule has 158 valence electrons. The summed E-state index contributed by atoms with van der Waals surface area (Å²) in [6, 6.07) is 18.3. The van der Waals surface area contributed by atoms with E-state index in [9.17, 15) is 4.79 Å². The number of fused-ring (bicyclic) bond motifs is 3. The standard InChI is InChI=1S/C24H27N3O2.CH4/c1-16(28)25-19-13-20-10-11-21(14-19)27(20)15-18-8-6-17(7-9-18)12-24-26-22-4-2-3-5-23(22)29-24;/h2-9,19-21H,10-15H2,1H3,(H,25,28);1H4/t19?,20-,21+;. The van der Waals surface area contributed by atoms with Crippen molar-refractivity contribution in [2.45, 2.75) is 71.1 Å². The highest BCUT2D eigenvalue weighted by Crippen LogP contribution is 2.36. The average Bonchev–Trinajstić information content (AvgIpc) is 3.20. The van der Waals surface area contributed by atoms with Crippen molar-refractivity contribution in [1.82, 2.24) is 15.2 Å². The van der Waals surface area contributed by atoms with Gasteiger partial charge in [0.1, 0.15) is 5.52 Å². The minimum atomic E-state index is 0. The van der Waals surface area contributed by atoms with Gasteiger partial charge in [0, 0.05) is 38.0 Å². The molecule has 2 bridgehead atoms. The van der Waals surface area contributed by atoms with E-state index in [-0.39, 0.29) is 13.3 Å². The van der Waals surface area contributed by atoms with E-state index in [2.05, 4.69) is 39.5 Å². The third-order valence-corrected chi connectivity index (χ3v) is 6.37. The first-order valence-corrected chi connectivity index (χ1v) is 10.6. The van der Waals surface area contributed by atoms with Gasteiger partial charge in [0.15, 0.2) is 11.5 Å². The molecule has 1 aromatic heterocycles. The Bertz CT molecular complexity index is 964. The maximum absolute atomic E-state index is 11.4. The molecule has 0 aliphatic carbocycles. The van der Waals surface area contributed by atoms with Crippen LogP contribution in [0.3, 0.4) is 0 Å². The van der Waals surface area contributed by atoms with Crippen molar-refractivity contribution in [3.63, 3.8) is 0 Å². The van der Waals surface area contributed by atoms with E-state index < -0.39 is 0 Å². The number of para-hydroxylation sites is 2. The van der Waals surface area contributed by atoms with Crippen molar-refractivity contribution in [2.75, 3.05) is 0 Å². The number of nitrogens with one attached hydrogen (secondary N) is 1. The molecule has 1 N–H and O–H groups in total. The third kappa shape index (κ3) is 4.26. The van der Waals surface area contributed by atoms with Gasteiger partial charge in [0.2, 0.25) is 5.91 Å². The Morgan fingerprint density at radius 2 is 1.73 bits per heavy atom. The maximum atomic E-state index is 11.4. The van der Waals surface area contributed by atoms with E-state index in [1.54, 1.807) is 6.92 Å². The van der Waals surface area contributed by atoms with Gasteiger partial charge in [-0.3, -0.25) is 9.69 Å². The lowest BCUT2D eigenvalue weighted by molar-refractivity contribution is -0.120. The first kappa shape index (κ1) is 20.6. The van der Waals surface area contributed by atoms with Gasteiger partial charge in [-0.05, 0) is 48.9 Å². The minimum absolute atomic E-state index is 0. The highest BCUT2D eigenvalue weighted by molar-refractivity contribution is 5.73. The molecule has 3 atom stereocenters. The molecule has 5 heteroatoms. The summed E-state index contributed by atoms with van der Waals surface area (Å²) < 4.78 is 5.85. The number of piperidine rings is 1. The van der Waals surface area contributed by atoms with Crippen molar-refractivity contribution < 1.29 is 9.21 Å². The Balaban J connectivity index is 0.00000218. The van der Waals surface area contributed by atoms with Crippen LogP contribution in [0.25, 0.3) is 11.1 Å². The van der Waals surface area contributed by atoms with E-state index >= 15 is 0 Å². The first-order valence-electron chi connectivity index (χ1n) is 10.6. The van der Waals surface area contributed by atoms with Crippen LogP contribution in [-0.2, 0) is 17.8 Å². The molecule has 1 amide bonds. The van der Waals surface area contributed by atoms with Crippen LogP contribution in [0.1, 0.15) is 57.1 Å². The summed E-state index contributed by atoms with van der Waals surface area (Å²) in [4.78, 5) is 18.6. The zero-order chi connectivity index (χ0) is 19.8. The van der Waals surface area contributed by atoms with Gasteiger partial charge < -0.3 is 9.73 Å². The van der Waals surface area contributed by atoms with Gasteiger partial charge in [0.05, 0.1) is 0 Å². The van der Waals surface area contributed by atoms with Crippen LogP contribution in [0.5, 0.6) is 0 Å². The molecular weight excluding hydrogens is 374 g/mol. The molecule has 0 saturated carbocycles. The van der Waals surface area contributed by atoms with E-state index in [1.165, 1.54) is 24.0 Å². The minimum Gasteiger partial charge on any atom is -0.440 e. The summed E-state index contributed by atoms with van der Waals surface area (Å²) in [6.45, 7) is 2.61. The van der Waals surface area contributed by atoms with Gasteiger partial charge >= 0.3 is 0 Å². The van der Waals surface area contributed by atoms with E-state index in [1.807, 2.05) is 24.3 Å². The summed E-state index contributed by atoms with van der Waals surface area (Å²) in [5.41, 5.74) is 4.32. The van der Waals surface area contributed by atoms with Crippen LogP contribution in [0.4, 0.5) is 0 Å². The predicted octanol–water partition coefficient (Wildman–Crippen LogP) is 4.69. The fourth-order valence-corrected chi connectivity index (χ4v) is 5.08. The van der Waals surface area contributed by atoms with Crippen LogP contribution in [0.15, 0.2) is 52.9 Å². The summed E-state index contributed by atoms with van der Waals surface area (Å²) >= 11 is 0. The van der Waals surface area contributed by atoms with Gasteiger partial charge in [0.25, 0.3) is 0 Å². The molecule has 2 saturated heterocycles. The molecule has 3 aromatic rings. The molecular formula is C25H31N3O2. The Kier molecular flexibility index (Phi) is 5.91. The Hall–Kier alpha value is -2.66. The second kappa shape index (κ2) is 8.60. The number of rotatable bonds is 5. The number of hydrogen-bond acceptors (Lipinski definition) is 4. The summed E-state index contributed by atoms with van der Waals surface area (Å²) in [6.07, 6.45) is 5.35. The molecule has 3 heterocycles. The first-order chi connectivity index (χ1) is 14.1. The molecule has 5 rings (SSSR count). The molecule has 0 spiro atoms. The van der Waals surface area contributed by atoms with Gasteiger partial charge in [-0.1, -0.05) is 43.8 Å². The SMILES string of the molecule is C.CC(=O)NC1C[C@H]2CC[C@@H](C1)N2Cc1ccc(Cc2nc3ccccc3o2)cc1. The number of nitrogens with zero attached hydrogens (tertiary/aromatic N) is 2. The van der Waals surface area contributed by atoms with Crippen LogP contribution in [0.2, 0.25) is 0 Å². The fourth-order valence-electron chi connectivity index (χ4n) is 5.08. The number of aromatic nitrogens is 1. The Labute approximate surface area is 178 Å². The molecule has 1 unspecified atom stereocenters.